The van der Waals surface area contributed by atoms with Gasteiger partial charge in [0.25, 0.3) is 0 Å². The summed E-state index contributed by atoms with van der Waals surface area (Å²) in [5.41, 5.74) is 4.06. The largest absolute Gasteiger partial charge is 0.407 e. The van der Waals surface area contributed by atoms with Crippen LogP contribution in [-0.2, 0) is 9.53 Å². The summed E-state index contributed by atoms with van der Waals surface area (Å²) in [4.78, 5) is 17.2. The van der Waals surface area contributed by atoms with E-state index < -0.39 is 0 Å². The lowest BCUT2D eigenvalue weighted by Crippen LogP contribution is -2.33. The van der Waals surface area contributed by atoms with E-state index in [0.29, 0.717) is 5.90 Å². The summed E-state index contributed by atoms with van der Waals surface area (Å²) >= 11 is 1.58. The van der Waals surface area contributed by atoms with Gasteiger partial charge in [-0.15, -0.1) is 11.8 Å². The van der Waals surface area contributed by atoms with Crippen LogP contribution in [0.2, 0.25) is 0 Å². The molecular weight excluding hydrogens is 306 g/mol. The van der Waals surface area contributed by atoms with E-state index in [0.717, 1.165) is 22.3 Å². The molecule has 0 spiro atoms. The Morgan fingerprint density at radius 3 is 2.48 bits per heavy atom. The van der Waals surface area contributed by atoms with Crippen molar-refractivity contribution >= 4 is 29.2 Å². The minimum Gasteiger partial charge on any atom is -0.407 e. The number of ether oxygens (including phenoxy) is 1. The molecule has 4 rings (SSSR count). The zero-order valence-electron chi connectivity index (χ0n) is 12.6. The van der Waals surface area contributed by atoms with Crippen molar-refractivity contribution in [3.05, 3.63) is 76.7 Å². The molecule has 2 atom stereocenters. The number of esters is 1. The second kappa shape index (κ2) is 5.70. The van der Waals surface area contributed by atoms with E-state index >= 15 is 0 Å². The maximum absolute atomic E-state index is 12.6. The Morgan fingerprint density at radius 2 is 1.74 bits per heavy atom. The van der Waals surface area contributed by atoms with Crippen LogP contribution in [0, 0.1) is 12.8 Å². The lowest BCUT2D eigenvalue weighted by atomic mass is 9.93. The van der Waals surface area contributed by atoms with Gasteiger partial charge >= 0.3 is 5.97 Å². The molecule has 2 aliphatic rings. The first kappa shape index (κ1) is 14.3. The Balaban J connectivity index is 1.65. The quantitative estimate of drug-likeness (QED) is 0.784. The Morgan fingerprint density at radius 1 is 1.00 bits per heavy atom. The van der Waals surface area contributed by atoms with Crippen LogP contribution >= 0.6 is 11.8 Å². The number of nitrogens with zero attached hydrogens (tertiary/aromatic N) is 1. The van der Waals surface area contributed by atoms with E-state index in [-0.39, 0.29) is 17.3 Å². The molecule has 3 nitrogen and oxygen atoms in total. The number of aliphatic imine (C=N–C) groups is 1. The second-order valence-corrected chi connectivity index (χ2v) is 6.66. The van der Waals surface area contributed by atoms with Crippen molar-refractivity contribution in [2.45, 2.75) is 12.3 Å². The van der Waals surface area contributed by atoms with Gasteiger partial charge in [0, 0.05) is 5.56 Å². The molecule has 0 radical (unpaired) electrons. The molecule has 0 saturated carbocycles. The normalized spacial score (nSPS) is 22.9. The zero-order chi connectivity index (χ0) is 15.8. The number of cyclic esters (lactones) is 1. The van der Waals surface area contributed by atoms with Crippen molar-refractivity contribution in [3.8, 4) is 0 Å². The molecule has 2 aliphatic heterocycles. The second-order valence-electron chi connectivity index (χ2n) is 5.66. The highest BCUT2D eigenvalue weighted by atomic mass is 32.2. The molecule has 0 unspecified atom stereocenters. The van der Waals surface area contributed by atoms with Gasteiger partial charge in [-0.05, 0) is 35.6 Å². The molecule has 0 aliphatic carbocycles. The van der Waals surface area contributed by atoms with E-state index in [9.17, 15) is 4.79 Å². The van der Waals surface area contributed by atoms with Crippen molar-refractivity contribution < 1.29 is 9.53 Å². The summed E-state index contributed by atoms with van der Waals surface area (Å²) in [6.07, 6.45) is 0. The van der Waals surface area contributed by atoms with Crippen LogP contribution in [0.4, 0.5) is 0 Å². The lowest BCUT2D eigenvalue weighted by molar-refractivity contribution is -0.138. The number of thioether (sulfide) groups is 1. The number of fused-ring (bicyclic) bond motifs is 1. The molecule has 0 N–H and O–H groups in total. The summed E-state index contributed by atoms with van der Waals surface area (Å²) < 4.78 is 5.53. The van der Waals surface area contributed by atoms with Crippen molar-refractivity contribution in [3.63, 3.8) is 0 Å². The number of aryl methyl sites for hydroxylation is 1. The number of hydrogen-bond acceptors (Lipinski definition) is 4. The molecule has 23 heavy (non-hydrogen) atoms. The van der Waals surface area contributed by atoms with Gasteiger partial charge < -0.3 is 4.74 Å². The van der Waals surface area contributed by atoms with E-state index in [4.69, 9.17) is 4.74 Å². The SMILES string of the molecule is Cc1ccc(C2=N[C@@H]3SC=C(c4ccccc4)[C@@H]3C(=O)O2)cc1. The van der Waals surface area contributed by atoms with Crippen molar-refractivity contribution in [2.24, 2.45) is 10.9 Å². The van der Waals surface area contributed by atoms with Crippen LogP contribution in [-0.4, -0.2) is 17.2 Å². The van der Waals surface area contributed by atoms with Crippen LogP contribution < -0.4 is 0 Å². The Hall–Kier alpha value is -2.33. The minimum atomic E-state index is -0.323. The van der Waals surface area contributed by atoms with Gasteiger partial charge in [0.2, 0.25) is 5.90 Å². The molecule has 0 saturated heterocycles. The van der Waals surface area contributed by atoms with Gasteiger partial charge in [0.15, 0.2) is 0 Å². The Kier molecular flexibility index (Phi) is 3.54. The summed E-state index contributed by atoms with van der Waals surface area (Å²) in [6, 6.07) is 17.8. The fourth-order valence-electron chi connectivity index (χ4n) is 2.81. The third-order valence-corrected chi connectivity index (χ3v) is 5.10. The van der Waals surface area contributed by atoms with Crippen LogP contribution in [0.25, 0.3) is 5.57 Å². The average molecular weight is 321 g/mol. The lowest BCUT2D eigenvalue weighted by Gasteiger charge is -2.24. The van der Waals surface area contributed by atoms with Crippen LogP contribution in [0.1, 0.15) is 16.7 Å². The molecule has 0 aromatic heterocycles. The fraction of sp³-hybridized carbons (Fsp3) is 0.158. The van der Waals surface area contributed by atoms with Gasteiger partial charge in [-0.1, -0.05) is 48.0 Å². The zero-order valence-corrected chi connectivity index (χ0v) is 13.4. The highest BCUT2D eigenvalue weighted by Crippen LogP contribution is 2.44. The predicted octanol–water partition coefficient (Wildman–Crippen LogP) is 4.03. The first-order valence-corrected chi connectivity index (χ1v) is 8.44. The maximum Gasteiger partial charge on any atom is 0.323 e. The molecule has 0 fully saturated rings. The topological polar surface area (TPSA) is 38.7 Å². The molecule has 0 bridgehead atoms. The monoisotopic (exact) mass is 321 g/mol. The summed E-state index contributed by atoms with van der Waals surface area (Å²) in [5.74, 6) is -0.122. The highest BCUT2D eigenvalue weighted by molar-refractivity contribution is 8.03. The smallest absolute Gasteiger partial charge is 0.323 e. The molecule has 4 heteroatoms. The standard InChI is InChI=1S/C19H15NO2S/c1-12-7-9-14(10-8-12)17-20-18-16(19(21)22-17)15(11-23-18)13-5-3-2-4-6-13/h2-11,16,18H,1H3/t16-,18+/m0/s1. The number of carbonyl (C=O) groups is 1. The van der Waals surface area contributed by atoms with Crippen molar-refractivity contribution in [2.75, 3.05) is 0 Å². The molecule has 2 heterocycles. The van der Waals surface area contributed by atoms with Crippen LogP contribution in [0.3, 0.4) is 0 Å². The molecule has 114 valence electrons. The van der Waals surface area contributed by atoms with Crippen molar-refractivity contribution in [1.29, 1.82) is 0 Å². The van der Waals surface area contributed by atoms with Gasteiger partial charge in [-0.2, -0.15) is 0 Å². The van der Waals surface area contributed by atoms with Crippen LogP contribution in [0.15, 0.2) is 65.0 Å². The fourth-order valence-corrected chi connectivity index (χ4v) is 3.95. The molecular formula is C19H15NO2S. The van der Waals surface area contributed by atoms with E-state index in [1.165, 1.54) is 0 Å². The summed E-state index contributed by atoms with van der Waals surface area (Å²) in [6.45, 7) is 2.03. The Bertz CT molecular complexity index is 809. The third kappa shape index (κ3) is 2.59. The van der Waals surface area contributed by atoms with Crippen LogP contribution in [0.5, 0.6) is 0 Å². The number of benzene rings is 2. The van der Waals surface area contributed by atoms with E-state index in [2.05, 4.69) is 4.99 Å². The predicted molar refractivity (Wildman–Crippen MR) is 93.1 cm³/mol. The maximum atomic E-state index is 12.6. The Labute approximate surface area is 139 Å². The molecule has 0 amide bonds. The van der Waals surface area contributed by atoms with Gasteiger partial charge in [0.1, 0.15) is 11.3 Å². The minimum absolute atomic E-state index is 0.136. The van der Waals surface area contributed by atoms with Gasteiger partial charge in [-0.25, -0.2) is 4.99 Å². The van der Waals surface area contributed by atoms with Gasteiger partial charge in [-0.3, -0.25) is 4.79 Å². The number of hydrogen-bond donors (Lipinski definition) is 0. The first-order valence-electron chi connectivity index (χ1n) is 7.50. The number of rotatable bonds is 2. The van der Waals surface area contributed by atoms with Gasteiger partial charge in [0.05, 0.1) is 0 Å². The molecule has 2 aromatic carbocycles. The van der Waals surface area contributed by atoms with E-state index in [1.54, 1.807) is 11.8 Å². The van der Waals surface area contributed by atoms with E-state index in [1.807, 2.05) is 66.9 Å². The molecule has 2 aromatic rings. The summed E-state index contributed by atoms with van der Waals surface area (Å²) in [5, 5.41) is 1.90. The number of carbonyl (C=O) groups excluding carboxylic acids is 1. The third-order valence-electron chi connectivity index (χ3n) is 4.06. The first-order chi connectivity index (χ1) is 11.2. The summed E-state index contributed by atoms with van der Waals surface area (Å²) in [7, 11) is 0. The average Bonchev–Trinajstić information content (AvgIpc) is 3.01. The highest BCUT2D eigenvalue weighted by Gasteiger charge is 2.42. The van der Waals surface area contributed by atoms with Crippen molar-refractivity contribution in [1.82, 2.24) is 0 Å².